The van der Waals surface area contributed by atoms with Crippen LogP contribution < -0.4 is 5.32 Å². The summed E-state index contributed by atoms with van der Waals surface area (Å²) < 4.78 is 9.76. The third-order valence-corrected chi connectivity index (χ3v) is 3.04. The van der Waals surface area contributed by atoms with Crippen molar-refractivity contribution in [3.05, 3.63) is 59.5 Å². The number of esters is 1. The summed E-state index contributed by atoms with van der Waals surface area (Å²) in [6.07, 6.45) is 1.44. The van der Waals surface area contributed by atoms with Crippen molar-refractivity contribution < 1.29 is 19.1 Å². The van der Waals surface area contributed by atoms with Crippen molar-refractivity contribution in [1.82, 2.24) is 5.32 Å². The highest BCUT2D eigenvalue weighted by Gasteiger charge is 2.17. The number of aliphatic hydroxyl groups is 1. The van der Waals surface area contributed by atoms with Crippen LogP contribution in [0.1, 0.15) is 27.7 Å². The summed E-state index contributed by atoms with van der Waals surface area (Å²) in [5, 5.41) is 12.6. The number of carbonyl (C=O) groups excluding carboxylic acids is 1. The average Bonchev–Trinajstić information content (AvgIpc) is 2.96. The van der Waals surface area contributed by atoms with Gasteiger partial charge in [0.2, 0.25) is 5.76 Å². The lowest BCUT2D eigenvalue weighted by Gasteiger charge is -2.16. The molecule has 0 saturated carbocycles. The smallest absolute Gasteiger partial charge is 0.374 e. The number of furan rings is 1. The molecule has 2 rings (SSSR count). The van der Waals surface area contributed by atoms with Crippen LogP contribution in [0, 0.1) is 0 Å². The van der Waals surface area contributed by atoms with Gasteiger partial charge in [0.25, 0.3) is 0 Å². The SMILES string of the molecule is COC(=O)c1occc1CN[C@@H](CO)c1ccccc1. The van der Waals surface area contributed by atoms with Crippen LogP contribution in [-0.2, 0) is 11.3 Å². The van der Waals surface area contributed by atoms with E-state index in [9.17, 15) is 9.90 Å². The molecule has 5 heteroatoms. The van der Waals surface area contributed by atoms with Gasteiger partial charge in [-0.2, -0.15) is 0 Å². The summed E-state index contributed by atoms with van der Waals surface area (Å²) in [5.74, 6) is -0.322. The van der Waals surface area contributed by atoms with Crippen LogP contribution in [0.3, 0.4) is 0 Å². The summed E-state index contributed by atoms with van der Waals surface area (Å²) in [5.41, 5.74) is 1.68. The lowest BCUT2D eigenvalue weighted by molar-refractivity contribution is 0.0563. The molecule has 0 bridgehead atoms. The van der Waals surface area contributed by atoms with Gasteiger partial charge in [0.05, 0.1) is 26.0 Å². The molecule has 106 valence electrons. The van der Waals surface area contributed by atoms with E-state index in [4.69, 9.17) is 4.42 Å². The van der Waals surface area contributed by atoms with Crippen molar-refractivity contribution >= 4 is 5.97 Å². The van der Waals surface area contributed by atoms with Gasteiger partial charge in [-0.25, -0.2) is 4.79 Å². The van der Waals surface area contributed by atoms with Crippen LogP contribution in [-0.4, -0.2) is 24.8 Å². The molecule has 0 fully saturated rings. The molecule has 0 aliphatic heterocycles. The Hall–Kier alpha value is -2.11. The first-order chi connectivity index (χ1) is 9.76. The maximum atomic E-state index is 11.5. The number of nitrogens with one attached hydrogen (secondary N) is 1. The second-order valence-corrected chi connectivity index (χ2v) is 4.29. The van der Waals surface area contributed by atoms with E-state index in [-0.39, 0.29) is 18.4 Å². The first-order valence-corrected chi connectivity index (χ1v) is 6.30. The molecule has 0 radical (unpaired) electrons. The Morgan fingerprint density at radius 3 is 2.75 bits per heavy atom. The van der Waals surface area contributed by atoms with E-state index in [1.807, 2.05) is 30.3 Å². The van der Waals surface area contributed by atoms with Crippen molar-refractivity contribution in [2.75, 3.05) is 13.7 Å². The van der Waals surface area contributed by atoms with Crippen LogP contribution in [0.15, 0.2) is 47.1 Å². The van der Waals surface area contributed by atoms with Crippen LogP contribution in [0.4, 0.5) is 0 Å². The van der Waals surface area contributed by atoms with Gasteiger partial charge in [-0.1, -0.05) is 30.3 Å². The highest BCUT2D eigenvalue weighted by atomic mass is 16.5. The number of methoxy groups -OCH3 is 1. The molecule has 1 aromatic carbocycles. The molecule has 0 unspecified atom stereocenters. The maximum absolute atomic E-state index is 11.5. The highest BCUT2D eigenvalue weighted by molar-refractivity contribution is 5.87. The van der Waals surface area contributed by atoms with Gasteiger partial charge in [0.1, 0.15) is 0 Å². The van der Waals surface area contributed by atoms with E-state index >= 15 is 0 Å². The minimum absolute atomic E-state index is 0.0323. The predicted octanol–water partition coefficient (Wildman–Crippen LogP) is 1.89. The molecule has 5 nitrogen and oxygen atoms in total. The van der Waals surface area contributed by atoms with Gasteiger partial charge >= 0.3 is 5.97 Å². The van der Waals surface area contributed by atoms with Crippen molar-refractivity contribution in [3.8, 4) is 0 Å². The summed E-state index contributed by atoms with van der Waals surface area (Å²) in [6.45, 7) is 0.372. The van der Waals surface area contributed by atoms with Crippen LogP contribution in [0.2, 0.25) is 0 Å². The van der Waals surface area contributed by atoms with Crippen molar-refractivity contribution in [3.63, 3.8) is 0 Å². The number of benzene rings is 1. The molecular weight excluding hydrogens is 258 g/mol. The zero-order chi connectivity index (χ0) is 14.4. The van der Waals surface area contributed by atoms with Crippen molar-refractivity contribution in [2.45, 2.75) is 12.6 Å². The Labute approximate surface area is 117 Å². The average molecular weight is 275 g/mol. The van der Waals surface area contributed by atoms with E-state index in [1.54, 1.807) is 6.07 Å². The van der Waals surface area contributed by atoms with Gasteiger partial charge in [0.15, 0.2) is 0 Å². The minimum atomic E-state index is -0.507. The first kappa shape index (κ1) is 14.3. The number of hydrogen-bond acceptors (Lipinski definition) is 5. The van der Waals surface area contributed by atoms with Crippen LogP contribution in [0.25, 0.3) is 0 Å². The molecule has 2 aromatic rings. The number of aliphatic hydroxyl groups excluding tert-OH is 1. The number of hydrogen-bond donors (Lipinski definition) is 2. The summed E-state index contributed by atoms with van der Waals surface area (Å²) in [7, 11) is 1.31. The lowest BCUT2D eigenvalue weighted by Crippen LogP contribution is -2.24. The molecule has 0 amide bonds. The van der Waals surface area contributed by atoms with E-state index < -0.39 is 5.97 Å². The Bertz CT molecular complexity index is 550. The molecule has 1 aromatic heterocycles. The first-order valence-electron chi connectivity index (χ1n) is 6.30. The van der Waals surface area contributed by atoms with Gasteiger partial charge < -0.3 is 19.6 Å². The third-order valence-electron chi connectivity index (χ3n) is 3.04. The van der Waals surface area contributed by atoms with Crippen molar-refractivity contribution in [1.29, 1.82) is 0 Å². The molecule has 0 saturated heterocycles. The Morgan fingerprint density at radius 2 is 2.10 bits per heavy atom. The Morgan fingerprint density at radius 1 is 1.35 bits per heavy atom. The van der Waals surface area contributed by atoms with E-state index in [0.29, 0.717) is 12.1 Å². The normalized spacial score (nSPS) is 12.1. The molecule has 20 heavy (non-hydrogen) atoms. The second kappa shape index (κ2) is 6.88. The highest BCUT2D eigenvalue weighted by Crippen LogP contribution is 2.16. The summed E-state index contributed by atoms with van der Waals surface area (Å²) >= 11 is 0. The van der Waals surface area contributed by atoms with Gasteiger partial charge in [-0.15, -0.1) is 0 Å². The maximum Gasteiger partial charge on any atom is 0.374 e. The summed E-state index contributed by atoms with van der Waals surface area (Å²) in [6, 6.07) is 11.1. The number of rotatable bonds is 6. The molecule has 2 N–H and O–H groups in total. The summed E-state index contributed by atoms with van der Waals surface area (Å²) in [4.78, 5) is 11.5. The largest absolute Gasteiger partial charge is 0.463 e. The topological polar surface area (TPSA) is 71.7 Å². The lowest BCUT2D eigenvalue weighted by atomic mass is 10.1. The van der Waals surface area contributed by atoms with E-state index in [1.165, 1.54) is 13.4 Å². The molecule has 0 aliphatic rings. The fraction of sp³-hybridized carbons (Fsp3) is 0.267. The zero-order valence-electron chi connectivity index (χ0n) is 11.2. The standard InChI is InChI=1S/C15H17NO4/c1-19-15(18)14-12(7-8-20-14)9-16-13(10-17)11-5-3-2-4-6-11/h2-8,13,16-17H,9-10H2,1H3/t13-/m0/s1. The van der Waals surface area contributed by atoms with Crippen LogP contribution in [0.5, 0.6) is 0 Å². The molecule has 0 aliphatic carbocycles. The second-order valence-electron chi connectivity index (χ2n) is 4.29. The fourth-order valence-electron chi connectivity index (χ4n) is 1.95. The number of carbonyl (C=O) groups is 1. The molecule has 0 spiro atoms. The minimum Gasteiger partial charge on any atom is -0.463 e. The van der Waals surface area contributed by atoms with Crippen molar-refractivity contribution in [2.24, 2.45) is 0 Å². The Balaban J connectivity index is 2.04. The van der Waals surface area contributed by atoms with Crippen LogP contribution >= 0.6 is 0 Å². The predicted molar refractivity (Wildman–Crippen MR) is 73.2 cm³/mol. The zero-order valence-corrected chi connectivity index (χ0v) is 11.2. The number of ether oxygens (including phenoxy) is 1. The van der Waals surface area contributed by atoms with E-state index in [2.05, 4.69) is 10.1 Å². The van der Waals surface area contributed by atoms with Gasteiger partial charge in [0, 0.05) is 12.1 Å². The molecule has 1 heterocycles. The molecular formula is C15H17NO4. The molecule has 1 atom stereocenters. The van der Waals surface area contributed by atoms with Gasteiger partial charge in [-0.05, 0) is 11.6 Å². The monoisotopic (exact) mass is 275 g/mol. The fourth-order valence-corrected chi connectivity index (χ4v) is 1.95. The van der Waals surface area contributed by atoms with Gasteiger partial charge in [-0.3, -0.25) is 0 Å². The quantitative estimate of drug-likeness (QED) is 0.788. The third kappa shape index (κ3) is 3.26. The van der Waals surface area contributed by atoms with E-state index in [0.717, 1.165) is 5.56 Å². The Kier molecular flexibility index (Phi) is 4.92.